The van der Waals surface area contributed by atoms with Crippen LogP contribution in [0.1, 0.15) is 16.7 Å². The first-order valence-electron chi connectivity index (χ1n) is 5.55. The minimum Gasteiger partial charge on any atom is -0.497 e. The van der Waals surface area contributed by atoms with Crippen LogP contribution in [0.25, 0.3) is 11.1 Å². The highest BCUT2D eigenvalue weighted by molar-refractivity contribution is 5.78. The van der Waals surface area contributed by atoms with Crippen LogP contribution in [0.2, 0.25) is 0 Å². The summed E-state index contributed by atoms with van der Waals surface area (Å²) in [5.41, 5.74) is 6.97. The van der Waals surface area contributed by atoms with Gasteiger partial charge in [-0.05, 0) is 53.3 Å². The number of fused-ring (bicyclic) bond motifs is 3. The molecule has 0 fully saturated rings. The minimum absolute atomic E-state index is 0.948. The molecule has 0 unspecified atom stereocenters. The van der Waals surface area contributed by atoms with E-state index in [-0.39, 0.29) is 0 Å². The molecule has 2 aromatic carbocycles. The van der Waals surface area contributed by atoms with Gasteiger partial charge in [-0.15, -0.1) is 0 Å². The van der Waals surface area contributed by atoms with E-state index in [9.17, 15) is 0 Å². The fourth-order valence-corrected chi connectivity index (χ4v) is 2.49. The third-order valence-corrected chi connectivity index (χ3v) is 3.38. The van der Waals surface area contributed by atoms with Crippen molar-refractivity contribution in [3.8, 4) is 16.9 Å². The molecule has 1 heteroatoms. The number of aryl methyl sites for hydroxylation is 1. The van der Waals surface area contributed by atoms with Crippen LogP contribution in [-0.4, -0.2) is 7.11 Å². The van der Waals surface area contributed by atoms with Crippen molar-refractivity contribution in [3.05, 3.63) is 53.1 Å². The minimum atomic E-state index is 0.948. The quantitative estimate of drug-likeness (QED) is 0.596. The maximum Gasteiger partial charge on any atom is 0.119 e. The Bertz CT molecular complexity index is 555. The van der Waals surface area contributed by atoms with Crippen molar-refractivity contribution in [2.45, 2.75) is 13.3 Å². The highest BCUT2D eigenvalue weighted by atomic mass is 16.5. The first-order valence-corrected chi connectivity index (χ1v) is 5.55. The molecule has 16 heavy (non-hydrogen) atoms. The summed E-state index contributed by atoms with van der Waals surface area (Å²) in [5.74, 6) is 0.948. The van der Waals surface area contributed by atoms with E-state index in [0.717, 1.165) is 12.2 Å². The summed E-state index contributed by atoms with van der Waals surface area (Å²) in [6, 6.07) is 12.9. The second kappa shape index (κ2) is 3.38. The van der Waals surface area contributed by atoms with Crippen molar-refractivity contribution in [3.63, 3.8) is 0 Å². The van der Waals surface area contributed by atoms with Crippen molar-refractivity contribution < 1.29 is 4.74 Å². The van der Waals surface area contributed by atoms with Crippen molar-refractivity contribution in [2.24, 2.45) is 0 Å². The van der Waals surface area contributed by atoms with Gasteiger partial charge in [-0.25, -0.2) is 0 Å². The van der Waals surface area contributed by atoms with Gasteiger partial charge in [-0.1, -0.05) is 24.3 Å². The Morgan fingerprint density at radius 2 is 1.94 bits per heavy atom. The average Bonchev–Trinajstić information content (AvgIpc) is 2.68. The average molecular weight is 210 g/mol. The Hall–Kier alpha value is -1.76. The van der Waals surface area contributed by atoms with Crippen molar-refractivity contribution in [2.75, 3.05) is 7.11 Å². The van der Waals surface area contributed by atoms with Gasteiger partial charge in [0.25, 0.3) is 0 Å². The predicted octanol–water partition coefficient (Wildman–Crippen LogP) is 3.57. The van der Waals surface area contributed by atoms with E-state index in [2.05, 4.69) is 37.3 Å². The van der Waals surface area contributed by atoms with Crippen LogP contribution in [0, 0.1) is 6.92 Å². The van der Waals surface area contributed by atoms with Crippen LogP contribution in [0.3, 0.4) is 0 Å². The van der Waals surface area contributed by atoms with Crippen molar-refractivity contribution in [1.82, 2.24) is 0 Å². The lowest BCUT2D eigenvalue weighted by molar-refractivity contribution is 0.414. The summed E-state index contributed by atoms with van der Waals surface area (Å²) in [7, 11) is 1.72. The standard InChI is InChI=1S/C15H14O/c1-10-4-3-5-14-13-7-6-12(16-2)8-11(13)9-15(10)14/h3-8H,9H2,1-2H3. The van der Waals surface area contributed by atoms with Gasteiger partial charge in [-0.2, -0.15) is 0 Å². The number of hydrogen-bond acceptors (Lipinski definition) is 1. The zero-order chi connectivity index (χ0) is 11.1. The molecule has 0 N–H and O–H groups in total. The number of benzene rings is 2. The summed E-state index contributed by atoms with van der Waals surface area (Å²) >= 11 is 0. The SMILES string of the molecule is COc1ccc2c(c1)Cc1c(C)cccc1-2. The van der Waals surface area contributed by atoms with E-state index in [4.69, 9.17) is 4.74 Å². The van der Waals surface area contributed by atoms with E-state index in [0.29, 0.717) is 0 Å². The maximum absolute atomic E-state index is 5.27. The van der Waals surface area contributed by atoms with Crippen LogP contribution < -0.4 is 4.74 Å². The maximum atomic E-state index is 5.27. The van der Waals surface area contributed by atoms with Crippen LogP contribution >= 0.6 is 0 Å². The van der Waals surface area contributed by atoms with Crippen LogP contribution in [0.4, 0.5) is 0 Å². The molecule has 0 bridgehead atoms. The summed E-state index contributed by atoms with van der Waals surface area (Å²) in [6.07, 6.45) is 1.04. The summed E-state index contributed by atoms with van der Waals surface area (Å²) < 4.78 is 5.27. The van der Waals surface area contributed by atoms with Gasteiger partial charge in [0.2, 0.25) is 0 Å². The molecule has 0 radical (unpaired) electrons. The Balaban J connectivity index is 2.20. The molecular weight excluding hydrogens is 196 g/mol. The Kier molecular flexibility index (Phi) is 2.00. The monoisotopic (exact) mass is 210 g/mol. The number of rotatable bonds is 1. The zero-order valence-electron chi connectivity index (χ0n) is 9.58. The Labute approximate surface area is 95.7 Å². The van der Waals surface area contributed by atoms with Crippen LogP contribution in [0.15, 0.2) is 36.4 Å². The normalized spacial score (nSPS) is 12.1. The van der Waals surface area contributed by atoms with Crippen molar-refractivity contribution in [1.29, 1.82) is 0 Å². The van der Waals surface area contributed by atoms with Gasteiger partial charge in [0.15, 0.2) is 0 Å². The molecule has 80 valence electrons. The molecule has 0 heterocycles. The second-order valence-electron chi connectivity index (χ2n) is 4.30. The van der Waals surface area contributed by atoms with Gasteiger partial charge >= 0.3 is 0 Å². The number of methoxy groups -OCH3 is 1. The zero-order valence-corrected chi connectivity index (χ0v) is 9.58. The molecule has 0 aliphatic heterocycles. The molecule has 0 aromatic heterocycles. The van der Waals surface area contributed by atoms with Gasteiger partial charge < -0.3 is 4.74 Å². The Morgan fingerprint density at radius 1 is 1.06 bits per heavy atom. The van der Waals surface area contributed by atoms with E-state index in [1.807, 2.05) is 6.07 Å². The first kappa shape index (κ1) is 9.46. The molecule has 0 saturated carbocycles. The van der Waals surface area contributed by atoms with E-state index >= 15 is 0 Å². The van der Waals surface area contributed by atoms with E-state index in [1.54, 1.807) is 7.11 Å². The number of ether oxygens (including phenoxy) is 1. The molecule has 0 spiro atoms. The van der Waals surface area contributed by atoms with Gasteiger partial charge in [0.1, 0.15) is 5.75 Å². The first-order chi connectivity index (χ1) is 7.79. The van der Waals surface area contributed by atoms with Crippen molar-refractivity contribution >= 4 is 0 Å². The topological polar surface area (TPSA) is 9.23 Å². The molecule has 0 amide bonds. The lowest BCUT2D eigenvalue weighted by Gasteiger charge is -2.04. The third kappa shape index (κ3) is 1.25. The fraction of sp³-hybridized carbons (Fsp3) is 0.200. The van der Waals surface area contributed by atoms with E-state index < -0.39 is 0 Å². The fourth-order valence-electron chi connectivity index (χ4n) is 2.49. The molecule has 2 aromatic rings. The molecule has 0 atom stereocenters. The van der Waals surface area contributed by atoms with Crippen LogP contribution in [0.5, 0.6) is 5.75 Å². The molecule has 1 nitrogen and oxygen atoms in total. The highest BCUT2D eigenvalue weighted by Crippen LogP contribution is 2.39. The molecule has 1 aliphatic carbocycles. The van der Waals surface area contributed by atoms with Gasteiger partial charge in [-0.3, -0.25) is 0 Å². The molecule has 0 saturated heterocycles. The largest absolute Gasteiger partial charge is 0.497 e. The van der Waals surface area contributed by atoms with Gasteiger partial charge in [0, 0.05) is 0 Å². The molecular formula is C15H14O. The summed E-state index contributed by atoms with van der Waals surface area (Å²) in [5, 5.41) is 0. The van der Waals surface area contributed by atoms with Crippen LogP contribution in [-0.2, 0) is 6.42 Å². The third-order valence-electron chi connectivity index (χ3n) is 3.38. The number of hydrogen-bond donors (Lipinski definition) is 0. The van der Waals surface area contributed by atoms with E-state index in [1.165, 1.54) is 27.8 Å². The highest BCUT2D eigenvalue weighted by Gasteiger charge is 2.19. The summed E-state index contributed by atoms with van der Waals surface area (Å²) in [6.45, 7) is 2.18. The predicted molar refractivity (Wildman–Crippen MR) is 66.0 cm³/mol. The second-order valence-corrected chi connectivity index (χ2v) is 4.30. The smallest absolute Gasteiger partial charge is 0.119 e. The lowest BCUT2D eigenvalue weighted by atomic mass is 10.0. The Morgan fingerprint density at radius 3 is 2.75 bits per heavy atom. The summed E-state index contributed by atoms with van der Waals surface area (Å²) in [4.78, 5) is 0. The molecule has 1 aliphatic rings. The molecule has 3 rings (SSSR count). The van der Waals surface area contributed by atoms with Gasteiger partial charge in [0.05, 0.1) is 7.11 Å². The lowest BCUT2D eigenvalue weighted by Crippen LogP contribution is -1.86.